The van der Waals surface area contributed by atoms with Gasteiger partial charge in [-0.2, -0.15) is 0 Å². The lowest BCUT2D eigenvalue weighted by Gasteiger charge is -2.31. The number of aliphatic imine (C=N–C) groups is 1. The topological polar surface area (TPSA) is 92.9 Å². The van der Waals surface area contributed by atoms with E-state index in [0.717, 1.165) is 27.9 Å². The van der Waals surface area contributed by atoms with Crippen molar-refractivity contribution in [2.75, 3.05) is 14.2 Å². The van der Waals surface area contributed by atoms with E-state index in [1.54, 1.807) is 14.2 Å². The Morgan fingerprint density at radius 1 is 0.825 bits per heavy atom. The average Bonchev–Trinajstić information content (AvgIpc) is 3.30. The van der Waals surface area contributed by atoms with Crippen LogP contribution in [0.4, 0.5) is 5.69 Å². The first kappa shape index (κ1) is 27.0. The van der Waals surface area contributed by atoms with Gasteiger partial charge in [-0.3, -0.25) is 4.99 Å². The van der Waals surface area contributed by atoms with Crippen molar-refractivity contribution in [1.29, 1.82) is 0 Å². The van der Waals surface area contributed by atoms with Crippen molar-refractivity contribution >= 4 is 22.3 Å². The Morgan fingerprint density at radius 2 is 1.38 bits per heavy atom. The van der Waals surface area contributed by atoms with Crippen molar-refractivity contribution in [3.05, 3.63) is 119 Å². The fraction of sp³-hybridized carbons (Fsp3) is 0.206. The molecule has 6 nitrogen and oxygen atoms in total. The minimum absolute atomic E-state index is 0.0641. The number of aromatic amines is 1. The number of H-pyrrole nitrogens is 1. The summed E-state index contributed by atoms with van der Waals surface area (Å²) < 4.78 is 10.9. The van der Waals surface area contributed by atoms with E-state index in [2.05, 4.69) is 41.4 Å². The number of methoxy groups -OCH3 is 2. The summed E-state index contributed by atoms with van der Waals surface area (Å²) in [6, 6.07) is 32.6. The van der Waals surface area contributed by atoms with E-state index >= 15 is 0 Å². The number of hydrogen-bond donors (Lipinski definition) is 3. The molecule has 0 amide bonds. The van der Waals surface area contributed by atoms with E-state index in [9.17, 15) is 5.11 Å². The van der Waals surface area contributed by atoms with Crippen molar-refractivity contribution < 1.29 is 14.6 Å². The van der Waals surface area contributed by atoms with Gasteiger partial charge in [0.25, 0.3) is 0 Å². The number of aromatic hydroxyl groups is 1. The number of fused-ring (bicyclic) bond motifs is 1. The number of ether oxygens (including phenoxy) is 2. The maximum atomic E-state index is 10.8. The van der Waals surface area contributed by atoms with Crippen LogP contribution in [0.15, 0.2) is 102 Å². The van der Waals surface area contributed by atoms with Gasteiger partial charge in [0.1, 0.15) is 0 Å². The number of hydrogen-bond acceptors (Lipinski definition) is 5. The molecule has 4 aromatic carbocycles. The highest BCUT2D eigenvalue weighted by Crippen LogP contribution is 2.38. The molecule has 0 unspecified atom stereocenters. The van der Waals surface area contributed by atoms with Gasteiger partial charge >= 0.3 is 0 Å². The zero-order chi connectivity index (χ0) is 28.1. The molecule has 0 saturated heterocycles. The first-order chi connectivity index (χ1) is 19.4. The van der Waals surface area contributed by atoms with Gasteiger partial charge in [0.15, 0.2) is 17.4 Å². The van der Waals surface area contributed by atoms with Crippen LogP contribution in [0.2, 0.25) is 0 Å². The highest BCUT2D eigenvalue weighted by atomic mass is 16.5. The fourth-order valence-electron chi connectivity index (χ4n) is 5.32. The summed E-state index contributed by atoms with van der Waals surface area (Å²) in [4.78, 5) is 8.00. The second-order valence-electron chi connectivity index (χ2n) is 10.0. The second kappa shape index (κ2) is 11.7. The summed E-state index contributed by atoms with van der Waals surface area (Å²) >= 11 is 0. The van der Waals surface area contributed by atoms with Crippen LogP contribution in [0.1, 0.15) is 35.6 Å². The van der Waals surface area contributed by atoms with Gasteiger partial charge in [0, 0.05) is 17.0 Å². The summed E-state index contributed by atoms with van der Waals surface area (Å²) in [5.74, 6) is 1.24. The molecule has 0 spiro atoms. The summed E-state index contributed by atoms with van der Waals surface area (Å²) in [7, 11) is 3.19. The van der Waals surface area contributed by atoms with Crippen molar-refractivity contribution in [2.24, 2.45) is 10.7 Å². The van der Waals surface area contributed by atoms with Crippen LogP contribution >= 0.6 is 0 Å². The minimum atomic E-state index is -0.594. The van der Waals surface area contributed by atoms with Crippen molar-refractivity contribution in [3.63, 3.8) is 0 Å². The summed E-state index contributed by atoms with van der Waals surface area (Å²) in [6.07, 6.45) is 2.04. The number of nitrogens with two attached hydrogens (primary N) is 1. The Labute approximate surface area is 235 Å². The Hall–Kier alpha value is -4.55. The summed E-state index contributed by atoms with van der Waals surface area (Å²) in [5, 5.41) is 11.7. The quantitative estimate of drug-likeness (QED) is 0.168. The molecule has 0 fully saturated rings. The molecule has 6 heteroatoms. The molecule has 204 valence electrons. The van der Waals surface area contributed by atoms with E-state index in [0.29, 0.717) is 36.3 Å². The molecule has 5 rings (SSSR count). The number of benzene rings is 4. The molecule has 4 N–H and O–H groups in total. The third kappa shape index (κ3) is 5.58. The molecule has 0 saturated carbocycles. The lowest BCUT2D eigenvalue weighted by molar-refractivity contribution is 0.356. The number of rotatable bonds is 10. The standard InChI is InChI=1S/C34H35N3O3/c1-4-28(32-27-19-30(39-2)31(40-3)20-29(27)37-33(32)38)36-26-17-15-25(16-18-26)34(35,21-23-11-7-5-8-12-23)22-24-13-9-6-10-14-24/h5-20,37-38H,4,21-22,35H2,1-3H3. The van der Waals surface area contributed by atoms with Crippen molar-refractivity contribution in [2.45, 2.75) is 31.7 Å². The Kier molecular flexibility index (Phi) is 7.89. The lowest BCUT2D eigenvalue weighted by atomic mass is 9.80. The first-order valence-corrected chi connectivity index (χ1v) is 13.5. The molecule has 0 aliphatic carbocycles. The van der Waals surface area contributed by atoms with Gasteiger partial charge in [-0.15, -0.1) is 0 Å². The summed E-state index contributed by atoms with van der Waals surface area (Å²) in [6.45, 7) is 2.02. The predicted molar refractivity (Wildman–Crippen MR) is 162 cm³/mol. The van der Waals surface area contributed by atoms with Gasteiger partial charge in [-0.25, -0.2) is 0 Å². The maximum Gasteiger partial charge on any atom is 0.198 e. The van der Waals surface area contributed by atoms with Crippen LogP contribution in [-0.4, -0.2) is 30.0 Å². The van der Waals surface area contributed by atoms with E-state index in [1.165, 1.54) is 11.1 Å². The second-order valence-corrected chi connectivity index (χ2v) is 10.0. The molecule has 0 bridgehead atoms. The van der Waals surface area contributed by atoms with Crippen LogP contribution in [-0.2, 0) is 18.4 Å². The van der Waals surface area contributed by atoms with Gasteiger partial charge < -0.3 is 25.3 Å². The molecule has 0 radical (unpaired) electrons. The third-order valence-electron chi connectivity index (χ3n) is 7.34. The predicted octanol–water partition coefficient (Wildman–Crippen LogP) is 7.06. The van der Waals surface area contributed by atoms with Crippen LogP contribution in [0.5, 0.6) is 17.4 Å². The first-order valence-electron chi connectivity index (χ1n) is 13.5. The summed E-state index contributed by atoms with van der Waals surface area (Å²) in [5.41, 5.74) is 13.0. The highest BCUT2D eigenvalue weighted by molar-refractivity contribution is 6.14. The fourth-order valence-corrected chi connectivity index (χ4v) is 5.32. The molecular formula is C34H35N3O3. The molecule has 1 heterocycles. The largest absolute Gasteiger partial charge is 0.494 e. The average molecular weight is 534 g/mol. The third-order valence-corrected chi connectivity index (χ3v) is 7.34. The molecule has 1 aromatic heterocycles. The van der Waals surface area contributed by atoms with Gasteiger partial charge in [-0.05, 0) is 54.2 Å². The van der Waals surface area contributed by atoms with Gasteiger partial charge in [0.05, 0.1) is 36.7 Å². The van der Waals surface area contributed by atoms with E-state index < -0.39 is 5.54 Å². The molecule has 40 heavy (non-hydrogen) atoms. The molecule has 0 aliphatic rings. The Morgan fingerprint density at radius 3 is 1.90 bits per heavy atom. The number of nitrogens with one attached hydrogen (secondary N) is 1. The molecule has 5 aromatic rings. The van der Waals surface area contributed by atoms with Crippen LogP contribution in [0.3, 0.4) is 0 Å². The maximum absolute atomic E-state index is 10.8. The van der Waals surface area contributed by atoms with Crippen LogP contribution in [0.25, 0.3) is 10.9 Å². The van der Waals surface area contributed by atoms with Gasteiger partial charge in [0.2, 0.25) is 0 Å². The monoisotopic (exact) mass is 533 g/mol. The Bertz CT molecular complexity index is 1570. The van der Waals surface area contributed by atoms with E-state index in [4.69, 9.17) is 20.2 Å². The molecule has 0 atom stereocenters. The minimum Gasteiger partial charge on any atom is -0.494 e. The van der Waals surface area contributed by atoms with E-state index in [1.807, 2.05) is 67.6 Å². The SMILES string of the molecule is CCC(=Nc1ccc(C(N)(Cc2ccccc2)Cc2ccccc2)cc1)c1c(O)[nH]c2cc(OC)c(OC)cc12. The van der Waals surface area contributed by atoms with Crippen LogP contribution in [0, 0.1) is 0 Å². The van der Waals surface area contributed by atoms with Gasteiger partial charge in [-0.1, -0.05) is 79.7 Å². The Balaban J connectivity index is 1.50. The zero-order valence-corrected chi connectivity index (χ0v) is 23.1. The molecular weight excluding hydrogens is 498 g/mol. The van der Waals surface area contributed by atoms with E-state index in [-0.39, 0.29) is 5.88 Å². The van der Waals surface area contributed by atoms with Crippen LogP contribution < -0.4 is 15.2 Å². The normalized spacial score (nSPS) is 12.1. The number of nitrogens with zero attached hydrogens (tertiary/aromatic N) is 1. The molecule has 0 aliphatic heterocycles. The zero-order valence-electron chi connectivity index (χ0n) is 23.1. The number of aromatic nitrogens is 1. The smallest absolute Gasteiger partial charge is 0.198 e. The lowest BCUT2D eigenvalue weighted by Crippen LogP contribution is -2.41. The van der Waals surface area contributed by atoms with Crippen molar-refractivity contribution in [1.82, 2.24) is 4.98 Å². The highest BCUT2D eigenvalue weighted by Gasteiger charge is 2.28. The van der Waals surface area contributed by atoms with Crippen molar-refractivity contribution in [3.8, 4) is 17.4 Å².